The Morgan fingerprint density at radius 1 is 1.12 bits per heavy atom. The van der Waals surface area contributed by atoms with E-state index < -0.39 is 0 Å². The summed E-state index contributed by atoms with van der Waals surface area (Å²) in [5.41, 5.74) is 4.81. The summed E-state index contributed by atoms with van der Waals surface area (Å²) in [6.07, 6.45) is 1.73. The molecule has 0 fully saturated rings. The van der Waals surface area contributed by atoms with Gasteiger partial charge in [0.1, 0.15) is 5.82 Å². The molecule has 26 heavy (non-hydrogen) atoms. The number of carbonyl (C=O) groups is 1. The Labute approximate surface area is 153 Å². The van der Waals surface area contributed by atoms with Crippen LogP contribution in [0.2, 0.25) is 0 Å². The standard InChI is InChI=1S/C20H23N5O/c1-14-11-15(2)25(23-14)13-16-5-7-17(8-6-16)20(26)22-19-10-9-18(12-21-19)24(3)4/h5-12H,13H2,1-4H3,(H,21,22,26). The minimum absolute atomic E-state index is 0.173. The Hall–Kier alpha value is -3.15. The van der Waals surface area contributed by atoms with Crippen molar-refractivity contribution in [3.05, 3.63) is 71.2 Å². The quantitative estimate of drug-likeness (QED) is 0.768. The molecule has 0 unspecified atom stereocenters. The minimum atomic E-state index is -0.173. The number of nitrogens with zero attached hydrogens (tertiary/aromatic N) is 4. The number of nitrogens with one attached hydrogen (secondary N) is 1. The third-order valence-electron chi connectivity index (χ3n) is 4.16. The van der Waals surface area contributed by atoms with Gasteiger partial charge in [-0.25, -0.2) is 4.98 Å². The van der Waals surface area contributed by atoms with E-state index in [1.807, 2.05) is 67.9 Å². The van der Waals surface area contributed by atoms with E-state index >= 15 is 0 Å². The zero-order valence-corrected chi connectivity index (χ0v) is 15.5. The largest absolute Gasteiger partial charge is 0.376 e. The fourth-order valence-electron chi connectivity index (χ4n) is 2.68. The van der Waals surface area contributed by atoms with E-state index in [0.29, 0.717) is 17.9 Å². The molecular formula is C20H23N5O. The second kappa shape index (κ2) is 7.39. The van der Waals surface area contributed by atoms with Crippen molar-refractivity contribution in [3.63, 3.8) is 0 Å². The highest BCUT2D eigenvalue weighted by molar-refractivity contribution is 6.03. The Balaban J connectivity index is 1.65. The first-order valence-electron chi connectivity index (χ1n) is 8.47. The van der Waals surface area contributed by atoms with Crippen molar-refractivity contribution in [1.82, 2.24) is 14.8 Å². The number of amides is 1. The highest BCUT2D eigenvalue weighted by Gasteiger charge is 2.08. The zero-order valence-electron chi connectivity index (χ0n) is 15.5. The molecule has 0 atom stereocenters. The van der Waals surface area contributed by atoms with Crippen LogP contribution in [0.1, 0.15) is 27.3 Å². The van der Waals surface area contributed by atoms with E-state index in [0.717, 1.165) is 22.6 Å². The number of anilines is 2. The highest BCUT2D eigenvalue weighted by atomic mass is 16.1. The van der Waals surface area contributed by atoms with Crippen LogP contribution in [-0.4, -0.2) is 34.8 Å². The van der Waals surface area contributed by atoms with Crippen molar-refractivity contribution in [2.24, 2.45) is 0 Å². The van der Waals surface area contributed by atoms with Gasteiger partial charge in [-0.2, -0.15) is 5.10 Å². The smallest absolute Gasteiger partial charge is 0.256 e. The maximum Gasteiger partial charge on any atom is 0.256 e. The number of hydrogen-bond acceptors (Lipinski definition) is 4. The molecule has 1 N–H and O–H groups in total. The number of pyridine rings is 1. The minimum Gasteiger partial charge on any atom is -0.376 e. The van der Waals surface area contributed by atoms with Gasteiger partial charge < -0.3 is 10.2 Å². The summed E-state index contributed by atoms with van der Waals surface area (Å²) in [5.74, 6) is 0.361. The van der Waals surface area contributed by atoms with E-state index in [2.05, 4.69) is 21.5 Å². The second-order valence-electron chi connectivity index (χ2n) is 6.53. The Kier molecular flexibility index (Phi) is 5.02. The molecule has 2 aromatic heterocycles. The van der Waals surface area contributed by atoms with Crippen molar-refractivity contribution in [2.45, 2.75) is 20.4 Å². The average Bonchev–Trinajstić information content (AvgIpc) is 2.93. The molecule has 6 heteroatoms. The lowest BCUT2D eigenvalue weighted by molar-refractivity contribution is 0.102. The first-order chi connectivity index (χ1) is 12.4. The summed E-state index contributed by atoms with van der Waals surface area (Å²) in [4.78, 5) is 18.6. The molecule has 3 rings (SSSR count). The molecule has 0 saturated heterocycles. The molecule has 134 valence electrons. The van der Waals surface area contributed by atoms with Crippen molar-refractivity contribution in [3.8, 4) is 0 Å². The lowest BCUT2D eigenvalue weighted by atomic mass is 10.1. The number of hydrogen-bond donors (Lipinski definition) is 1. The lowest BCUT2D eigenvalue weighted by Crippen LogP contribution is -2.14. The van der Waals surface area contributed by atoms with Gasteiger partial charge in [0.15, 0.2) is 0 Å². The van der Waals surface area contributed by atoms with Gasteiger partial charge in [-0.05, 0) is 49.7 Å². The third-order valence-corrected chi connectivity index (χ3v) is 4.16. The van der Waals surface area contributed by atoms with Crippen LogP contribution >= 0.6 is 0 Å². The summed E-state index contributed by atoms with van der Waals surface area (Å²) in [6.45, 7) is 4.71. The van der Waals surface area contributed by atoms with Crippen molar-refractivity contribution < 1.29 is 4.79 Å². The lowest BCUT2D eigenvalue weighted by Gasteiger charge is -2.12. The van der Waals surface area contributed by atoms with E-state index in [4.69, 9.17) is 0 Å². The van der Waals surface area contributed by atoms with Crippen molar-refractivity contribution in [2.75, 3.05) is 24.3 Å². The fourth-order valence-corrected chi connectivity index (χ4v) is 2.68. The monoisotopic (exact) mass is 349 g/mol. The SMILES string of the molecule is Cc1cc(C)n(Cc2ccc(C(=O)Nc3ccc(N(C)C)cn3)cc2)n1. The summed E-state index contributed by atoms with van der Waals surface area (Å²) < 4.78 is 1.96. The van der Waals surface area contributed by atoms with Gasteiger partial charge in [-0.1, -0.05) is 12.1 Å². The van der Waals surface area contributed by atoms with E-state index in [1.165, 1.54) is 0 Å². The highest BCUT2D eigenvalue weighted by Crippen LogP contribution is 2.14. The molecule has 1 aromatic carbocycles. The number of aromatic nitrogens is 3. The van der Waals surface area contributed by atoms with E-state index in [1.54, 1.807) is 12.3 Å². The first-order valence-corrected chi connectivity index (χ1v) is 8.47. The van der Waals surface area contributed by atoms with Crippen molar-refractivity contribution in [1.29, 1.82) is 0 Å². The predicted molar refractivity (Wildman–Crippen MR) is 104 cm³/mol. The van der Waals surface area contributed by atoms with Crippen LogP contribution in [0.25, 0.3) is 0 Å². The molecule has 2 heterocycles. The van der Waals surface area contributed by atoms with Crippen molar-refractivity contribution >= 4 is 17.4 Å². The number of rotatable bonds is 5. The van der Waals surface area contributed by atoms with Crippen LogP contribution in [0.3, 0.4) is 0 Å². The van der Waals surface area contributed by atoms with Gasteiger partial charge in [0.05, 0.1) is 24.1 Å². The number of carbonyl (C=O) groups excluding carboxylic acids is 1. The maximum atomic E-state index is 12.4. The first kappa shape index (κ1) is 17.7. The zero-order chi connectivity index (χ0) is 18.7. The summed E-state index contributed by atoms with van der Waals surface area (Å²) >= 11 is 0. The molecule has 0 aliphatic carbocycles. The molecule has 0 saturated carbocycles. The van der Waals surface area contributed by atoms with Crippen LogP contribution in [0.4, 0.5) is 11.5 Å². The second-order valence-corrected chi connectivity index (χ2v) is 6.53. The van der Waals surface area contributed by atoms with Gasteiger partial charge in [0, 0.05) is 25.4 Å². The molecule has 1 amide bonds. The normalized spacial score (nSPS) is 10.6. The van der Waals surface area contributed by atoms with Crippen LogP contribution in [-0.2, 0) is 6.54 Å². The molecule has 0 spiro atoms. The molecular weight excluding hydrogens is 326 g/mol. The summed E-state index contributed by atoms with van der Waals surface area (Å²) in [6, 6.07) is 13.3. The fraction of sp³-hybridized carbons (Fsp3) is 0.250. The molecule has 0 bridgehead atoms. The molecule has 0 aliphatic rings. The third kappa shape index (κ3) is 4.08. The van der Waals surface area contributed by atoms with E-state index in [9.17, 15) is 4.79 Å². The number of benzene rings is 1. The Morgan fingerprint density at radius 2 is 1.85 bits per heavy atom. The van der Waals surface area contributed by atoms with Crippen LogP contribution in [0.5, 0.6) is 0 Å². The van der Waals surface area contributed by atoms with Crippen LogP contribution in [0.15, 0.2) is 48.7 Å². The molecule has 0 radical (unpaired) electrons. The molecule has 3 aromatic rings. The van der Waals surface area contributed by atoms with E-state index in [-0.39, 0.29) is 5.91 Å². The van der Waals surface area contributed by atoms with Gasteiger partial charge in [0.2, 0.25) is 0 Å². The average molecular weight is 349 g/mol. The number of aryl methyl sites for hydroxylation is 2. The summed E-state index contributed by atoms with van der Waals surface area (Å²) in [7, 11) is 3.89. The topological polar surface area (TPSA) is 63.1 Å². The molecule has 0 aliphatic heterocycles. The van der Waals surface area contributed by atoms with Gasteiger partial charge >= 0.3 is 0 Å². The Bertz CT molecular complexity index is 895. The maximum absolute atomic E-state index is 12.4. The van der Waals surface area contributed by atoms with Gasteiger partial charge in [0.25, 0.3) is 5.91 Å². The molecule has 6 nitrogen and oxygen atoms in total. The van der Waals surface area contributed by atoms with Crippen LogP contribution < -0.4 is 10.2 Å². The van der Waals surface area contributed by atoms with Gasteiger partial charge in [-0.15, -0.1) is 0 Å². The summed E-state index contributed by atoms with van der Waals surface area (Å²) in [5, 5.41) is 7.28. The van der Waals surface area contributed by atoms with Gasteiger partial charge in [-0.3, -0.25) is 9.48 Å². The Morgan fingerprint density at radius 3 is 2.38 bits per heavy atom. The van der Waals surface area contributed by atoms with Crippen LogP contribution in [0, 0.1) is 13.8 Å². The predicted octanol–water partition coefficient (Wildman–Crippen LogP) is 3.26.